The summed E-state index contributed by atoms with van der Waals surface area (Å²) in [5.41, 5.74) is 0.706. The highest BCUT2D eigenvalue weighted by Crippen LogP contribution is 2.29. The third kappa shape index (κ3) is 5.06. The number of amides is 2. The third-order valence-corrected chi connectivity index (χ3v) is 8.39. The second-order valence-corrected chi connectivity index (χ2v) is 10.2. The first-order valence-corrected chi connectivity index (χ1v) is 12.8. The van der Waals surface area contributed by atoms with Crippen LogP contribution in [0.3, 0.4) is 0 Å². The van der Waals surface area contributed by atoms with Crippen LogP contribution in [0.1, 0.15) is 24.2 Å². The fraction of sp³-hybridized carbons (Fsp3) is 0.333. The Bertz CT molecular complexity index is 1060. The van der Waals surface area contributed by atoms with E-state index in [1.54, 1.807) is 38.1 Å². The van der Waals surface area contributed by atoms with Gasteiger partial charge in [-0.05, 0) is 30.3 Å². The van der Waals surface area contributed by atoms with Gasteiger partial charge in [-0.1, -0.05) is 43.6 Å². The van der Waals surface area contributed by atoms with Gasteiger partial charge in [0, 0.05) is 24.4 Å². The van der Waals surface area contributed by atoms with Crippen molar-refractivity contribution < 1.29 is 18.0 Å². The van der Waals surface area contributed by atoms with Crippen LogP contribution in [0.2, 0.25) is 5.02 Å². The summed E-state index contributed by atoms with van der Waals surface area (Å²) in [7, 11) is -3.70. The van der Waals surface area contributed by atoms with E-state index in [0.717, 1.165) is 0 Å². The molecule has 1 atom stereocenters. The zero-order chi connectivity index (χ0) is 22.6. The molecule has 10 heteroatoms. The molecule has 1 heterocycles. The van der Waals surface area contributed by atoms with Gasteiger partial charge in [0.15, 0.2) is 0 Å². The number of hydrogen-bond donors (Lipinski definition) is 1. The van der Waals surface area contributed by atoms with Gasteiger partial charge in [-0.25, -0.2) is 8.42 Å². The molecule has 1 aliphatic rings. The lowest BCUT2D eigenvalue weighted by atomic mass is 10.1. The lowest BCUT2D eigenvalue weighted by Gasteiger charge is -2.24. The lowest BCUT2D eigenvalue weighted by Crippen LogP contribution is -2.44. The second kappa shape index (κ2) is 10.0. The second-order valence-electron chi connectivity index (χ2n) is 6.88. The molecular formula is C21H24ClN3O4S2. The standard InChI is InChI=1S/C21H24ClN3O4S2/c1-3-24(4-2)31(28,29)16-10-11-17(22)18(12-16)23-20(26)19-13-30-14-25(19)21(27)15-8-6-5-7-9-15/h5-12,19H,3-4,13-14H2,1-2H3,(H,23,26)/t19-/m0/s1. The van der Waals surface area contributed by atoms with Crippen molar-refractivity contribution in [3.05, 3.63) is 59.1 Å². The summed E-state index contributed by atoms with van der Waals surface area (Å²) in [5.74, 6) is 0.207. The average molecular weight is 482 g/mol. The monoisotopic (exact) mass is 481 g/mol. The normalized spacial score (nSPS) is 16.5. The summed E-state index contributed by atoms with van der Waals surface area (Å²) in [5, 5.41) is 2.94. The molecule has 166 valence electrons. The van der Waals surface area contributed by atoms with Crippen LogP contribution in [0.5, 0.6) is 0 Å². The predicted octanol–water partition coefficient (Wildman–Crippen LogP) is 3.52. The number of carbonyl (C=O) groups is 2. The fourth-order valence-electron chi connectivity index (χ4n) is 3.30. The van der Waals surface area contributed by atoms with Gasteiger partial charge in [0.25, 0.3) is 5.91 Å². The number of rotatable bonds is 7. The molecular weight excluding hydrogens is 458 g/mol. The van der Waals surface area contributed by atoms with Crippen LogP contribution >= 0.6 is 23.4 Å². The number of halogens is 1. The largest absolute Gasteiger partial charge is 0.323 e. The van der Waals surface area contributed by atoms with Crippen molar-refractivity contribution in [1.82, 2.24) is 9.21 Å². The van der Waals surface area contributed by atoms with Gasteiger partial charge >= 0.3 is 0 Å². The van der Waals surface area contributed by atoms with Gasteiger partial charge in [-0.3, -0.25) is 9.59 Å². The molecule has 2 aromatic rings. The summed E-state index contributed by atoms with van der Waals surface area (Å²) in [6.07, 6.45) is 0. The molecule has 0 spiro atoms. The summed E-state index contributed by atoms with van der Waals surface area (Å²) in [4.78, 5) is 27.4. The highest BCUT2D eigenvalue weighted by Gasteiger charge is 2.35. The number of carbonyl (C=O) groups excluding carboxylic acids is 2. The smallest absolute Gasteiger partial charge is 0.255 e. The van der Waals surface area contributed by atoms with Crippen molar-refractivity contribution >= 4 is 50.9 Å². The van der Waals surface area contributed by atoms with Gasteiger partial charge in [-0.2, -0.15) is 4.31 Å². The molecule has 0 bridgehead atoms. The number of anilines is 1. The van der Waals surface area contributed by atoms with E-state index < -0.39 is 22.0 Å². The van der Waals surface area contributed by atoms with Crippen molar-refractivity contribution in [1.29, 1.82) is 0 Å². The SMILES string of the molecule is CCN(CC)S(=O)(=O)c1ccc(Cl)c(NC(=O)[C@@H]2CSCN2C(=O)c2ccccc2)c1. The van der Waals surface area contributed by atoms with Gasteiger partial charge in [0.05, 0.1) is 21.5 Å². The number of sulfonamides is 1. The van der Waals surface area contributed by atoms with Crippen molar-refractivity contribution in [3.63, 3.8) is 0 Å². The molecule has 1 fully saturated rings. The zero-order valence-corrected chi connectivity index (χ0v) is 19.6. The Morgan fingerprint density at radius 3 is 2.48 bits per heavy atom. The van der Waals surface area contributed by atoms with E-state index in [9.17, 15) is 18.0 Å². The summed E-state index contributed by atoms with van der Waals surface area (Å²) >= 11 is 7.71. The molecule has 1 saturated heterocycles. The van der Waals surface area contributed by atoms with E-state index >= 15 is 0 Å². The Hall–Kier alpha value is -2.07. The molecule has 0 aromatic heterocycles. The molecule has 7 nitrogen and oxygen atoms in total. The number of nitrogens with one attached hydrogen (secondary N) is 1. The summed E-state index contributed by atoms with van der Waals surface area (Å²) in [6, 6.07) is 12.3. The maximum Gasteiger partial charge on any atom is 0.255 e. The van der Waals surface area contributed by atoms with Gasteiger partial charge in [0.1, 0.15) is 6.04 Å². The Morgan fingerprint density at radius 2 is 1.84 bits per heavy atom. The predicted molar refractivity (Wildman–Crippen MR) is 124 cm³/mol. The van der Waals surface area contributed by atoms with E-state index in [4.69, 9.17) is 11.6 Å². The fourth-order valence-corrected chi connectivity index (χ4v) is 6.10. The van der Waals surface area contributed by atoms with E-state index in [0.29, 0.717) is 30.3 Å². The molecule has 1 N–H and O–H groups in total. The van der Waals surface area contributed by atoms with Gasteiger partial charge < -0.3 is 10.2 Å². The highest BCUT2D eigenvalue weighted by atomic mass is 35.5. The maximum absolute atomic E-state index is 13.0. The van der Waals surface area contributed by atoms with Gasteiger partial charge in [0.2, 0.25) is 15.9 Å². The summed E-state index contributed by atoms with van der Waals surface area (Å²) < 4.78 is 27.0. The maximum atomic E-state index is 13.0. The quantitative estimate of drug-likeness (QED) is 0.653. The number of nitrogens with zero attached hydrogens (tertiary/aromatic N) is 2. The lowest BCUT2D eigenvalue weighted by molar-refractivity contribution is -0.119. The highest BCUT2D eigenvalue weighted by molar-refractivity contribution is 7.99. The molecule has 0 aliphatic carbocycles. The first-order chi connectivity index (χ1) is 14.8. The zero-order valence-electron chi connectivity index (χ0n) is 17.2. The minimum absolute atomic E-state index is 0.0499. The number of benzene rings is 2. The van der Waals surface area contributed by atoms with E-state index in [1.807, 2.05) is 6.07 Å². The van der Waals surface area contributed by atoms with Crippen LogP contribution < -0.4 is 5.32 Å². The van der Waals surface area contributed by atoms with Crippen LogP contribution in [0.25, 0.3) is 0 Å². The van der Waals surface area contributed by atoms with Crippen molar-refractivity contribution in [2.75, 3.05) is 30.0 Å². The first kappa shape index (κ1) is 23.6. The molecule has 2 aromatic carbocycles. The van der Waals surface area contributed by atoms with E-state index in [1.165, 1.54) is 39.2 Å². The minimum Gasteiger partial charge on any atom is -0.323 e. The van der Waals surface area contributed by atoms with E-state index in [-0.39, 0.29) is 21.5 Å². The molecule has 0 radical (unpaired) electrons. The Morgan fingerprint density at radius 1 is 1.16 bits per heavy atom. The van der Waals surface area contributed by atoms with Crippen LogP contribution in [0, 0.1) is 0 Å². The van der Waals surface area contributed by atoms with Crippen LogP contribution in [0.15, 0.2) is 53.4 Å². The summed E-state index contributed by atoms with van der Waals surface area (Å²) in [6.45, 7) is 4.18. The van der Waals surface area contributed by atoms with Crippen molar-refractivity contribution in [3.8, 4) is 0 Å². The minimum atomic E-state index is -3.70. The van der Waals surface area contributed by atoms with Crippen LogP contribution in [-0.2, 0) is 14.8 Å². The molecule has 0 saturated carbocycles. The Kier molecular flexibility index (Phi) is 7.64. The van der Waals surface area contributed by atoms with E-state index in [2.05, 4.69) is 5.32 Å². The molecule has 1 aliphatic heterocycles. The molecule has 3 rings (SSSR count). The van der Waals surface area contributed by atoms with Crippen molar-refractivity contribution in [2.24, 2.45) is 0 Å². The van der Waals surface area contributed by atoms with Gasteiger partial charge in [-0.15, -0.1) is 11.8 Å². The topological polar surface area (TPSA) is 86.8 Å². The third-order valence-electron chi connectivity index (χ3n) is 5.01. The molecule has 0 unspecified atom stereocenters. The first-order valence-electron chi connectivity index (χ1n) is 9.83. The molecule has 2 amide bonds. The van der Waals surface area contributed by atoms with Crippen LogP contribution in [-0.4, -0.2) is 60.2 Å². The Balaban J connectivity index is 1.82. The van der Waals surface area contributed by atoms with Crippen molar-refractivity contribution in [2.45, 2.75) is 24.8 Å². The number of hydrogen-bond acceptors (Lipinski definition) is 5. The Labute approximate surface area is 191 Å². The number of thioether (sulfide) groups is 1. The average Bonchev–Trinajstić information content (AvgIpc) is 3.26. The molecule has 31 heavy (non-hydrogen) atoms. The van der Waals surface area contributed by atoms with Crippen LogP contribution in [0.4, 0.5) is 5.69 Å².